The zero-order valence-electron chi connectivity index (χ0n) is 48.3. The van der Waals surface area contributed by atoms with Crippen molar-refractivity contribution in [3.05, 3.63) is 109 Å². The predicted octanol–water partition coefficient (Wildman–Crippen LogP) is 21.0. The molecule has 0 bridgehead atoms. The molecule has 6 nitrogen and oxygen atoms in total. The molecule has 74 heavy (non-hydrogen) atoms. The van der Waals surface area contributed by atoms with Gasteiger partial charge in [0.15, 0.2) is 6.10 Å². The third-order valence-corrected chi connectivity index (χ3v) is 13.0. The highest BCUT2D eigenvalue weighted by Crippen LogP contribution is 2.15. The Morgan fingerprint density at radius 3 is 0.878 bits per heavy atom. The number of allylic oxidation sites excluding steroid dienone is 18. The number of hydrogen-bond acceptors (Lipinski definition) is 6. The minimum atomic E-state index is -0.817. The molecule has 1 unspecified atom stereocenters. The average Bonchev–Trinajstić information content (AvgIpc) is 3.40. The highest BCUT2D eigenvalue weighted by Gasteiger charge is 2.19. The molecule has 0 radical (unpaired) electrons. The monoisotopic (exact) mass is 1030 g/mol. The Balaban J connectivity index is 4.45. The van der Waals surface area contributed by atoms with E-state index >= 15 is 0 Å². The van der Waals surface area contributed by atoms with Gasteiger partial charge in [-0.05, 0) is 122 Å². The standard InChI is InChI=1S/C68H114O6/c1-4-7-10-13-16-19-22-25-28-31-32-33-34-35-36-38-40-43-46-49-52-55-58-61-67(70)73-64-65(63-72-66(69)60-57-54-51-48-45-42-39-30-27-24-21-18-15-12-9-6-3)74-68(71)62-59-56-53-50-47-44-41-37-29-26-23-20-17-14-11-8-5-2/h8,11,17,20-22,24-26,29-32,39,41,44,50,53,65H,4-7,9-10,12-16,18-19,23,27-28,33-38,40,42-43,45-49,51-52,54-64H2,1-3H3/b11-8-,20-17-,24-21-,25-22-,29-26-,32-31-,39-30-,44-41-,53-50-. The summed E-state index contributed by atoms with van der Waals surface area (Å²) in [7, 11) is 0. The Morgan fingerprint density at radius 1 is 0.284 bits per heavy atom. The maximum absolute atomic E-state index is 12.9. The van der Waals surface area contributed by atoms with Gasteiger partial charge in [0.05, 0.1) is 0 Å². The number of ether oxygens (including phenoxy) is 3. The summed E-state index contributed by atoms with van der Waals surface area (Å²) in [5.74, 6) is -0.978. The Kier molecular flexibility index (Phi) is 58.3. The first-order chi connectivity index (χ1) is 36.5. The number of hydrogen-bond donors (Lipinski definition) is 0. The fraction of sp³-hybridized carbons (Fsp3) is 0.691. The molecule has 0 heterocycles. The van der Waals surface area contributed by atoms with Gasteiger partial charge in [-0.3, -0.25) is 14.4 Å². The lowest BCUT2D eigenvalue weighted by atomic mass is 10.0. The van der Waals surface area contributed by atoms with Crippen LogP contribution in [0.1, 0.15) is 284 Å². The minimum absolute atomic E-state index is 0.107. The maximum atomic E-state index is 12.9. The summed E-state index contributed by atoms with van der Waals surface area (Å²) in [6, 6.07) is 0. The average molecular weight is 1030 g/mol. The molecule has 0 N–H and O–H groups in total. The van der Waals surface area contributed by atoms with Gasteiger partial charge in [0, 0.05) is 19.3 Å². The molecular weight excluding hydrogens is 913 g/mol. The van der Waals surface area contributed by atoms with Crippen LogP contribution in [0.4, 0.5) is 0 Å². The van der Waals surface area contributed by atoms with Gasteiger partial charge in [0.25, 0.3) is 0 Å². The molecule has 0 aromatic heterocycles. The van der Waals surface area contributed by atoms with Crippen molar-refractivity contribution in [3.8, 4) is 0 Å². The fourth-order valence-electron chi connectivity index (χ4n) is 8.36. The number of carbonyl (C=O) groups is 3. The quantitative estimate of drug-likeness (QED) is 0.0261. The van der Waals surface area contributed by atoms with Crippen LogP contribution in [0.5, 0.6) is 0 Å². The molecule has 6 heteroatoms. The van der Waals surface area contributed by atoms with Gasteiger partial charge in [-0.2, -0.15) is 0 Å². The molecular formula is C68H114O6. The number of esters is 3. The first-order valence-electron chi connectivity index (χ1n) is 30.9. The summed E-state index contributed by atoms with van der Waals surface area (Å²) >= 11 is 0. The van der Waals surface area contributed by atoms with Crippen LogP contribution in [0.25, 0.3) is 0 Å². The highest BCUT2D eigenvalue weighted by atomic mass is 16.6. The van der Waals surface area contributed by atoms with E-state index in [0.717, 1.165) is 109 Å². The zero-order chi connectivity index (χ0) is 53.6. The topological polar surface area (TPSA) is 78.9 Å². The van der Waals surface area contributed by atoms with Crippen molar-refractivity contribution in [2.45, 2.75) is 290 Å². The zero-order valence-corrected chi connectivity index (χ0v) is 48.3. The second-order valence-corrected chi connectivity index (χ2v) is 20.2. The van der Waals surface area contributed by atoms with Gasteiger partial charge < -0.3 is 14.2 Å². The van der Waals surface area contributed by atoms with Crippen LogP contribution in [-0.2, 0) is 28.6 Å². The summed E-state index contributed by atoms with van der Waals surface area (Å²) in [4.78, 5) is 38.2. The van der Waals surface area contributed by atoms with E-state index in [1.54, 1.807) is 0 Å². The lowest BCUT2D eigenvalue weighted by Crippen LogP contribution is -2.30. The van der Waals surface area contributed by atoms with Crippen molar-refractivity contribution in [2.75, 3.05) is 13.2 Å². The molecule has 0 aromatic rings. The molecule has 0 fully saturated rings. The van der Waals surface area contributed by atoms with E-state index in [1.165, 1.54) is 128 Å². The highest BCUT2D eigenvalue weighted by molar-refractivity contribution is 5.71. The van der Waals surface area contributed by atoms with E-state index in [2.05, 4.69) is 130 Å². The number of rotatable bonds is 55. The molecule has 422 valence electrons. The Hall–Kier alpha value is -3.93. The maximum Gasteiger partial charge on any atom is 0.306 e. The second-order valence-electron chi connectivity index (χ2n) is 20.2. The van der Waals surface area contributed by atoms with Crippen molar-refractivity contribution in [3.63, 3.8) is 0 Å². The first kappa shape index (κ1) is 70.1. The summed E-state index contributed by atoms with van der Waals surface area (Å²) in [5.41, 5.74) is 0. The van der Waals surface area contributed by atoms with Crippen LogP contribution in [0.2, 0.25) is 0 Å². The van der Waals surface area contributed by atoms with Crippen LogP contribution >= 0.6 is 0 Å². The van der Waals surface area contributed by atoms with Crippen molar-refractivity contribution in [2.24, 2.45) is 0 Å². The number of unbranched alkanes of at least 4 members (excludes halogenated alkanes) is 26. The lowest BCUT2D eigenvalue weighted by molar-refractivity contribution is -0.167. The van der Waals surface area contributed by atoms with Crippen molar-refractivity contribution in [1.82, 2.24) is 0 Å². The lowest BCUT2D eigenvalue weighted by Gasteiger charge is -2.18. The van der Waals surface area contributed by atoms with Gasteiger partial charge in [-0.25, -0.2) is 0 Å². The molecule has 0 saturated heterocycles. The van der Waals surface area contributed by atoms with E-state index in [-0.39, 0.29) is 37.5 Å². The molecule has 0 aliphatic rings. The number of carbonyl (C=O) groups excluding carboxylic acids is 3. The van der Waals surface area contributed by atoms with Gasteiger partial charge in [-0.15, -0.1) is 0 Å². The Bertz CT molecular complexity index is 1510. The Morgan fingerprint density at radius 2 is 0.541 bits per heavy atom. The van der Waals surface area contributed by atoms with Crippen LogP contribution in [0.15, 0.2) is 109 Å². The van der Waals surface area contributed by atoms with Gasteiger partial charge in [0.2, 0.25) is 0 Å². The van der Waals surface area contributed by atoms with Crippen molar-refractivity contribution >= 4 is 17.9 Å². The van der Waals surface area contributed by atoms with E-state index < -0.39 is 6.10 Å². The van der Waals surface area contributed by atoms with Gasteiger partial charge in [0.1, 0.15) is 13.2 Å². The largest absolute Gasteiger partial charge is 0.462 e. The third kappa shape index (κ3) is 59.0. The van der Waals surface area contributed by atoms with E-state index in [4.69, 9.17) is 14.2 Å². The molecule has 0 aromatic carbocycles. The van der Waals surface area contributed by atoms with E-state index in [1.807, 2.05) is 0 Å². The molecule has 1 atom stereocenters. The van der Waals surface area contributed by atoms with Crippen LogP contribution in [0.3, 0.4) is 0 Å². The fourth-order valence-corrected chi connectivity index (χ4v) is 8.36. The normalized spacial score (nSPS) is 12.9. The summed E-state index contributed by atoms with van der Waals surface area (Å²) in [6.45, 7) is 6.45. The van der Waals surface area contributed by atoms with Crippen molar-refractivity contribution < 1.29 is 28.6 Å². The SMILES string of the molecule is CC/C=C\C/C=C\C/C=C\C/C=C\C/C=C\CCCC(=O)OC(COC(=O)CCCCCCC/C=C\C/C=C\CCCCCC)COC(=O)CCCCCCCCCCCCC/C=C\C/C=C\CCCCCCC. The molecule has 0 amide bonds. The molecule has 0 aliphatic heterocycles. The van der Waals surface area contributed by atoms with Crippen LogP contribution < -0.4 is 0 Å². The van der Waals surface area contributed by atoms with Gasteiger partial charge >= 0.3 is 17.9 Å². The summed E-state index contributed by atoms with van der Waals surface area (Å²) in [6.07, 6.45) is 83.8. The first-order valence-corrected chi connectivity index (χ1v) is 30.9. The molecule has 0 saturated carbocycles. The van der Waals surface area contributed by atoms with Crippen LogP contribution in [0, 0.1) is 0 Å². The summed E-state index contributed by atoms with van der Waals surface area (Å²) in [5, 5.41) is 0. The smallest absolute Gasteiger partial charge is 0.306 e. The molecule has 0 spiro atoms. The Labute approximate surface area is 457 Å². The second kappa shape index (κ2) is 61.6. The van der Waals surface area contributed by atoms with E-state index in [9.17, 15) is 14.4 Å². The molecule has 0 rings (SSSR count). The molecule has 0 aliphatic carbocycles. The van der Waals surface area contributed by atoms with E-state index in [0.29, 0.717) is 19.3 Å². The van der Waals surface area contributed by atoms with Crippen molar-refractivity contribution in [1.29, 1.82) is 0 Å². The van der Waals surface area contributed by atoms with Crippen LogP contribution in [-0.4, -0.2) is 37.2 Å². The third-order valence-electron chi connectivity index (χ3n) is 13.0. The summed E-state index contributed by atoms with van der Waals surface area (Å²) < 4.78 is 16.8. The van der Waals surface area contributed by atoms with Gasteiger partial charge in [-0.1, -0.05) is 252 Å². The minimum Gasteiger partial charge on any atom is -0.462 e. The predicted molar refractivity (Wildman–Crippen MR) is 320 cm³/mol.